The molecular formula is C23H34N4O5. The zero-order valence-corrected chi connectivity index (χ0v) is 19.7. The minimum absolute atomic E-state index is 0.164. The van der Waals surface area contributed by atoms with E-state index in [0.717, 1.165) is 0 Å². The molecule has 0 bridgehead atoms. The van der Waals surface area contributed by atoms with Gasteiger partial charge in [-0.05, 0) is 38.3 Å². The first-order valence-electron chi connectivity index (χ1n) is 10.6. The Balaban J connectivity index is 2.27. The van der Waals surface area contributed by atoms with Crippen molar-refractivity contribution < 1.29 is 24.2 Å². The molecule has 1 saturated heterocycles. The number of pyridine rings is 1. The fourth-order valence-electron chi connectivity index (χ4n) is 3.12. The second kappa shape index (κ2) is 10.0. The van der Waals surface area contributed by atoms with Crippen LogP contribution in [-0.2, 0) is 14.3 Å². The number of ether oxygens (including phenoxy) is 1. The molecule has 0 aliphatic carbocycles. The van der Waals surface area contributed by atoms with Gasteiger partial charge in [0.1, 0.15) is 23.5 Å². The highest BCUT2D eigenvalue weighted by Crippen LogP contribution is 2.20. The Morgan fingerprint density at radius 1 is 1.19 bits per heavy atom. The van der Waals surface area contributed by atoms with Crippen molar-refractivity contribution in [1.29, 1.82) is 0 Å². The van der Waals surface area contributed by atoms with Gasteiger partial charge in [-0.25, -0.2) is 14.6 Å². The number of piperazine rings is 1. The number of aromatic nitrogens is 1. The number of aliphatic carboxylic acids is 1. The molecule has 0 spiro atoms. The van der Waals surface area contributed by atoms with E-state index < -0.39 is 35.7 Å². The number of allylic oxidation sites excluding steroid dienone is 1. The van der Waals surface area contributed by atoms with Crippen molar-refractivity contribution in [2.75, 3.05) is 24.5 Å². The van der Waals surface area contributed by atoms with E-state index in [1.54, 1.807) is 39.1 Å². The molecule has 0 radical (unpaired) electrons. The fourth-order valence-corrected chi connectivity index (χ4v) is 3.12. The van der Waals surface area contributed by atoms with E-state index in [4.69, 9.17) is 4.74 Å². The van der Waals surface area contributed by atoms with Crippen LogP contribution in [0.3, 0.4) is 0 Å². The smallest absolute Gasteiger partial charge is 0.411 e. The number of nitrogens with zero attached hydrogens (tertiary/aromatic N) is 3. The van der Waals surface area contributed by atoms with Crippen molar-refractivity contribution in [3.05, 3.63) is 36.5 Å². The Hall–Kier alpha value is -3.10. The van der Waals surface area contributed by atoms with Crippen LogP contribution < -0.4 is 10.2 Å². The Morgan fingerprint density at radius 2 is 1.88 bits per heavy atom. The number of carboxylic acid groups (broad SMARTS) is 1. The Morgan fingerprint density at radius 3 is 2.41 bits per heavy atom. The number of nitrogens with one attached hydrogen (secondary N) is 1. The number of amides is 2. The van der Waals surface area contributed by atoms with Crippen molar-refractivity contribution in [2.45, 2.75) is 59.2 Å². The van der Waals surface area contributed by atoms with Gasteiger partial charge < -0.3 is 20.1 Å². The molecule has 2 atom stereocenters. The zero-order chi connectivity index (χ0) is 24.1. The maximum atomic E-state index is 13.2. The predicted molar refractivity (Wildman–Crippen MR) is 121 cm³/mol. The van der Waals surface area contributed by atoms with Crippen molar-refractivity contribution in [1.82, 2.24) is 15.2 Å². The van der Waals surface area contributed by atoms with Gasteiger partial charge in [0.05, 0.1) is 0 Å². The predicted octanol–water partition coefficient (Wildman–Crippen LogP) is 2.68. The van der Waals surface area contributed by atoms with Crippen LogP contribution in [0.15, 0.2) is 36.5 Å². The molecule has 176 valence electrons. The maximum Gasteiger partial charge on any atom is 0.411 e. The first kappa shape index (κ1) is 25.2. The van der Waals surface area contributed by atoms with E-state index in [1.807, 2.05) is 37.8 Å². The van der Waals surface area contributed by atoms with Crippen LogP contribution in [0.4, 0.5) is 10.6 Å². The monoisotopic (exact) mass is 446 g/mol. The quantitative estimate of drug-likeness (QED) is 0.669. The van der Waals surface area contributed by atoms with Crippen molar-refractivity contribution in [3.8, 4) is 0 Å². The van der Waals surface area contributed by atoms with Crippen LogP contribution in [0.1, 0.15) is 41.5 Å². The molecule has 9 heteroatoms. The van der Waals surface area contributed by atoms with E-state index in [1.165, 1.54) is 11.0 Å². The molecule has 2 heterocycles. The number of rotatable bonds is 5. The lowest BCUT2D eigenvalue weighted by molar-refractivity contribution is -0.141. The van der Waals surface area contributed by atoms with E-state index in [2.05, 4.69) is 10.3 Å². The molecule has 1 fully saturated rings. The molecule has 1 aromatic heterocycles. The molecule has 0 saturated carbocycles. The summed E-state index contributed by atoms with van der Waals surface area (Å²) in [5.74, 6) is -1.07. The maximum absolute atomic E-state index is 13.2. The molecule has 32 heavy (non-hydrogen) atoms. The summed E-state index contributed by atoms with van der Waals surface area (Å²) in [6.45, 7) is 11.9. The second-order valence-electron chi connectivity index (χ2n) is 9.87. The fraction of sp³-hybridized carbons (Fsp3) is 0.565. The molecule has 1 aliphatic rings. The molecule has 2 unspecified atom stereocenters. The average molecular weight is 447 g/mol. The first-order chi connectivity index (χ1) is 14.8. The minimum Gasteiger partial charge on any atom is -0.479 e. The van der Waals surface area contributed by atoms with Crippen LogP contribution in [0.2, 0.25) is 0 Å². The van der Waals surface area contributed by atoms with Gasteiger partial charge in [0.2, 0.25) is 5.91 Å². The highest BCUT2D eigenvalue weighted by Gasteiger charge is 2.39. The lowest BCUT2D eigenvalue weighted by Gasteiger charge is -2.41. The van der Waals surface area contributed by atoms with Gasteiger partial charge in [0.15, 0.2) is 0 Å². The lowest BCUT2D eigenvalue weighted by Crippen LogP contribution is -2.62. The van der Waals surface area contributed by atoms with Crippen LogP contribution in [0, 0.1) is 5.41 Å². The van der Waals surface area contributed by atoms with Crippen LogP contribution >= 0.6 is 0 Å². The number of hydrogen-bond acceptors (Lipinski definition) is 6. The Kier molecular flexibility index (Phi) is 7.87. The standard InChI is InChI=1S/C23H34N4O5/c1-22(2,3)11-10-16(20(29)30)25-19(28)17-15-26(18-9-7-8-12-24-18)13-14-27(17)21(31)32-23(4,5)6/h7-12,16-17H,13-15H2,1-6H3,(H,25,28)(H,29,30)/b11-10+. The summed E-state index contributed by atoms with van der Waals surface area (Å²) >= 11 is 0. The third-order valence-electron chi connectivity index (χ3n) is 4.64. The van der Waals surface area contributed by atoms with Crippen molar-refractivity contribution in [3.63, 3.8) is 0 Å². The van der Waals surface area contributed by atoms with E-state index >= 15 is 0 Å². The van der Waals surface area contributed by atoms with Crippen molar-refractivity contribution in [2.24, 2.45) is 5.41 Å². The molecular weight excluding hydrogens is 412 g/mol. The van der Waals surface area contributed by atoms with Gasteiger partial charge >= 0.3 is 12.1 Å². The third kappa shape index (κ3) is 7.55. The van der Waals surface area contributed by atoms with Gasteiger partial charge in [-0.2, -0.15) is 0 Å². The Bertz CT molecular complexity index is 842. The summed E-state index contributed by atoms with van der Waals surface area (Å²) in [4.78, 5) is 45.3. The lowest BCUT2D eigenvalue weighted by atomic mass is 9.95. The number of carbonyl (C=O) groups excluding carboxylic acids is 2. The summed E-state index contributed by atoms with van der Waals surface area (Å²) in [6.07, 6.45) is 4.23. The Labute approximate surface area is 189 Å². The molecule has 1 aromatic rings. The summed E-state index contributed by atoms with van der Waals surface area (Å²) in [6, 6.07) is 3.31. The van der Waals surface area contributed by atoms with Gasteiger partial charge in [0, 0.05) is 25.8 Å². The second-order valence-corrected chi connectivity index (χ2v) is 9.87. The topological polar surface area (TPSA) is 112 Å². The molecule has 2 amide bonds. The van der Waals surface area contributed by atoms with Crippen molar-refractivity contribution >= 4 is 23.8 Å². The molecule has 2 N–H and O–H groups in total. The van der Waals surface area contributed by atoms with Gasteiger partial charge in [-0.15, -0.1) is 0 Å². The molecule has 0 aromatic carbocycles. The van der Waals surface area contributed by atoms with Crippen LogP contribution in [0.5, 0.6) is 0 Å². The summed E-state index contributed by atoms with van der Waals surface area (Å²) in [7, 11) is 0. The number of anilines is 1. The van der Waals surface area contributed by atoms with Gasteiger partial charge in [-0.3, -0.25) is 9.69 Å². The minimum atomic E-state index is -1.22. The summed E-state index contributed by atoms with van der Waals surface area (Å²) in [5, 5.41) is 12.1. The number of carboxylic acids is 1. The SMILES string of the molecule is CC(C)(C)/C=C/C(NC(=O)C1CN(c2ccccn2)CCN1C(=O)OC(C)(C)C)C(=O)O. The highest BCUT2D eigenvalue weighted by molar-refractivity contribution is 5.90. The van der Waals surface area contributed by atoms with E-state index in [0.29, 0.717) is 12.4 Å². The number of carbonyl (C=O) groups is 3. The average Bonchev–Trinajstić information content (AvgIpc) is 2.69. The largest absolute Gasteiger partial charge is 0.479 e. The normalized spacial score (nSPS) is 18.4. The molecule has 9 nitrogen and oxygen atoms in total. The van der Waals surface area contributed by atoms with Gasteiger partial charge in [0.25, 0.3) is 0 Å². The van der Waals surface area contributed by atoms with E-state index in [-0.39, 0.29) is 18.5 Å². The van der Waals surface area contributed by atoms with E-state index in [9.17, 15) is 19.5 Å². The van der Waals surface area contributed by atoms with Gasteiger partial charge in [-0.1, -0.05) is 39.0 Å². The third-order valence-corrected chi connectivity index (χ3v) is 4.64. The number of hydrogen-bond donors (Lipinski definition) is 2. The highest BCUT2D eigenvalue weighted by atomic mass is 16.6. The molecule has 1 aliphatic heterocycles. The summed E-state index contributed by atoms with van der Waals surface area (Å²) in [5.41, 5.74) is -0.975. The zero-order valence-electron chi connectivity index (χ0n) is 19.7. The van der Waals surface area contributed by atoms with Crippen LogP contribution in [-0.4, -0.2) is 70.3 Å². The molecule has 2 rings (SSSR count). The van der Waals surface area contributed by atoms with Crippen LogP contribution in [0.25, 0.3) is 0 Å². The first-order valence-corrected chi connectivity index (χ1v) is 10.6. The summed E-state index contributed by atoms with van der Waals surface area (Å²) < 4.78 is 5.49.